The van der Waals surface area contributed by atoms with Crippen molar-refractivity contribution in [3.05, 3.63) is 28.8 Å². The van der Waals surface area contributed by atoms with E-state index in [0.717, 1.165) is 12.3 Å². The summed E-state index contributed by atoms with van der Waals surface area (Å²) in [5, 5.41) is 0. The van der Waals surface area contributed by atoms with Crippen LogP contribution in [-0.4, -0.2) is 25.7 Å². The minimum Gasteiger partial charge on any atom is -0.496 e. The smallest absolute Gasteiger partial charge is 0.126 e. The van der Waals surface area contributed by atoms with E-state index in [0.29, 0.717) is 6.67 Å². The third-order valence-corrected chi connectivity index (χ3v) is 2.45. The molecule has 0 saturated heterocycles. The van der Waals surface area contributed by atoms with Crippen LogP contribution < -0.4 is 10.5 Å². The van der Waals surface area contributed by atoms with Crippen LogP contribution in [0.2, 0.25) is 0 Å². The van der Waals surface area contributed by atoms with Gasteiger partial charge in [-0.1, -0.05) is 17.7 Å². The van der Waals surface area contributed by atoms with Crippen molar-refractivity contribution in [2.24, 2.45) is 5.73 Å². The van der Waals surface area contributed by atoms with E-state index in [2.05, 4.69) is 30.9 Å². The summed E-state index contributed by atoms with van der Waals surface area (Å²) >= 11 is 0. The highest BCUT2D eigenvalue weighted by Gasteiger charge is 2.08. The van der Waals surface area contributed by atoms with Gasteiger partial charge in [0.15, 0.2) is 0 Å². The normalized spacial score (nSPS) is 10.8. The first-order valence-corrected chi connectivity index (χ1v) is 5.11. The number of nitrogens with two attached hydrogens (primary N) is 1. The van der Waals surface area contributed by atoms with Gasteiger partial charge in [-0.05, 0) is 26.5 Å². The molecule has 1 rings (SSSR count). The van der Waals surface area contributed by atoms with Crippen molar-refractivity contribution in [2.45, 2.75) is 20.4 Å². The van der Waals surface area contributed by atoms with Gasteiger partial charge < -0.3 is 10.5 Å². The maximum Gasteiger partial charge on any atom is 0.126 e. The third kappa shape index (κ3) is 2.94. The fourth-order valence-corrected chi connectivity index (χ4v) is 1.81. The van der Waals surface area contributed by atoms with Crippen molar-refractivity contribution in [2.75, 3.05) is 20.8 Å². The molecule has 0 saturated carbocycles. The molecule has 0 aromatic heterocycles. The maximum absolute atomic E-state index is 5.57. The van der Waals surface area contributed by atoms with Gasteiger partial charge in [0, 0.05) is 18.8 Å². The highest BCUT2D eigenvalue weighted by Crippen LogP contribution is 2.25. The SMILES string of the molecule is COc1c(C)cc(C)cc1CN(C)CN. The summed E-state index contributed by atoms with van der Waals surface area (Å²) in [6.07, 6.45) is 0. The van der Waals surface area contributed by atoms with Gasteiger partial charge in [-0.25, -0.2) is 0 Å². The van der Waals surface area contributed by atoms with Crippen molar-refractivity contribution in [1.29, 1.82) is 0 Å². The van der Waals surface area contributed by atoms with Gasteiger partial charge in [-0.15, -0.1) is 0 Å². The van der Waals surface area contributed by atoms with Crippen molar-refractivity contribution in [3.8, 4) is 5.75 Å². The van der Waals surface area contributed by atoms with Crippen molar-refractivity contribution >= 4 is 0 Å². The Labute approximate surface area is 91.8 Å². The summed E-state index contributed by atoms with van der Waals surface area (Å²) in [5.41, 5.74) is 9.21. The molecule has 3 heteroatoms. The molecular weight excluding hydrogens is 188 g/mol. The maximum atomic E-state index is 5.57. The highest BCUT2D eigenvalue weighted by molar-refractivity contribution is 5.43. The van der Waals surface area contributed by atoms with Gasteiger partial charge in [0.2, 0.25) is 0 Å². The molecule has 15 heavy (non-hydrogen) atoms. The predicted molar refractivity (Wildman–Crippen MR) is 63.0 cm³/mol. The molecule has 1 aromatic rings. The molecule has 0 aliphatic heterocycles. The number of hydrogen-bond donors (Lipinski definition) is 1. The summed E-state index contributed by atoms with van der Waals surface area (Å²) in [6.45, 7) is 5.54. The zero-order chi connectivity index (χ0) is 11.4. The Morgan fingerprint density at radius 2 is 2.00 bits per heavy atom. The Balaban J connectivity index is 3.03. The van der Waals surface area contributed by atoms with Gasteiger partial charge in [-0.3, -0.25) is 4.90 Å². The Morgan fingerprint density at radius 1 is 1.33 bits per heavy atom. The van der Waals surface area contributed by atoms with E-state index in [-0.39, 0.29) is 0 Å². The van der Waals surface area contributed by atoms with E-state index in [9.17, 15) is 0 Å². The zero-order valence-corrected chi connectivity index (χ0v) is 10.0. The lowest BCUT2D eigenvalue weighted by molar-refractivity contribution is 0.325. The molecule has 0 radical (unpaired) electrons. The number of ether oxygens (including phenoxy) is 1. The fraction of sp³-hybridized carbons (Fsp3) is 0.500. The molecular formula is C12H20N2O. The van der Waals surface area contributed by atoms with E-state index in [1.807, 2.05) is 7.05 Å². The molecule has 0 unspecified atom stereocenters. The lowest BCUT2D eigenvalue weighted by atomic mass is 10.1. The molecule has 2 N–H and O–H groups in total. The van der Waals surface area contributed by atoms with Gasteiger partial charge >= 0.3 is 0 Å². The van der Waals surface area contributed by atoms with Crippen LogP contribution >= 0.6 is 0 Å². The summed E-state index contributed by atoms with van der Waals surface area (Å²) < 4.78 is 5.41. The van der Waals surface area contributed by atoms with Crippen LogP contribution in [0.4, 0.5) is 0 Å². The van der Waals surface area contributed by atoms with Crippen molar-refractivity contribution in [3.63, 3.8) is 0 Å². The Bertz CT molecular complexity index is 337. The highest BCUT2D eigenvalue weighted by atomic mass is 16.5. The van der Waals surface area contributed by atoms with Crippen LogP contribution in [0, 0.1) is 13.8 Å². The Kier molecular flexibility index (Phi) is 4.12. The van der Waals surface area contributed by atoms with Gasteiger partial charge in [0.1, 0.15) is 5.75 Å². The Morgan fingerprint density at radius 3 is 2.53 bits per heavy atom. The minimum absolute atomic E-state index is 0.552. The molecule has 0 amide bonds. The second kappa shape index (κ2) is 5.14. The van der Waals surface area contributed by atoms with Gasteiger partial charge in [-0.2, -0.15) is 0 Å². The molecule has 0 fully saturated rings. The average molecular weight is 208 g/mol. The van der Waals surface area contributed by atoms with E-state index in [1.165, 1.54) is 16.7 Å². The molecule has 1 aromatic carbocycles. The second-order valence-corrected chi connectivity index (χ2v) is 3.97. The number of hydrogen-bond acceptors (Lipinski definition) is 3. The molecule has 0 aliphatic carbocycles. The van der Waals surface area contributed by atoms with Gasteiger partial charge in [0.25, 0.3) is 0 Å². The lowest BCUT2D eigenvalue weighted by Gasteiger charge is -2.18. The topological polar surface area (TPSA) is 38.5 Å². The van der Waals surface area contributed by atoms with E-state index in [4.69, 9.17) is 10.5 Å². The van der Waals surface area contributed by atoms with Crippen LogP contribution in [0.15, 0.2) is 12.1 Å². The average Bonchev–Trinajstić information content (AvgIpc) is 2.17. The molecule has 3 nitrogen and oxygen atoms in total. The van der Waals surface area contributed by atoms with Crippen molar-refractivity contribution < 1.29 is 4.74 Å². The predicted octanol–water partition coefficient (Wildman–Crippen LogP) is 1.66. The molecule has 0 bridgehead atoms. The quantitative estimate of drug-likeness (QED) is 0.765. The second-order valence-electron chi connectivity index (χ2n) is 3.97. The van der Waals surface area contributed by atoms with E-state index >= 15 is 0 Å². The zero-order valence-electron chi connectivity index (χ0n) is 10.0. The van der Waals surface area contributed by atoms with Crippen LogP contribution in [0.1, 0.15) is 16.7 Å². The number of benzene rings is 1. The summed E-state index contributed by atoms with van der Waals surface area (Å²) in [5.74, 6) is 0.973. The van der Waals surface area contributed by atoms with Crippen LogP contribution in [0.25, 0.3) is 0 Å². The van der Waals surface area contributed by atoms with Crippen LogP contribution in [0.5, 0.6) is 5.75 Å². The Hall–Kier alpha value is -1.06. The van der Waals surface area contributed by atoms with Crippen LogP contribution in [0.3, 0.4) is 0 Å². The monoisotopic (exact) mass is 208 g/mol. The first-order valence-electron chi connectivity index (χ1n) is 5.11. The molecule has 84 valence electrons. The minimum atomic E-state index is 0.552. The molecule has 0 spiro atoms. The fourth-order valence-electron chi connectivity index (χ4n) is 1.81. The molecule has 0 atom stereocenters. The lowest BCUT2D eigenvalue weighted by Crippen LogP contribution is -2.25. The van der Waals surface area contributed by atoms with Crippen molar-refractivity contribution in [1.82, 2.24) is 4.90 Å². The third-order valence-electron chi connectivity index (χ3n) is 2.45. The number of rotatable bonds is 4. The first-order chi connectivity index (χ1) is 7.08. The summed E-state index contributed by atoms with van der Waals surface area (Å²) in [4.78, 5) is 2.05. The summed E-state index contributed by atoms with van der Waals surface area (Å²) in [6, 6.07) is 4.28. The number of aryl methyl sites for hydroxylation is 2. The van der Waals surface area contributed by atoms with Crippen LogP contribution in [-0.2, 0) is 6.54 Å². The van der Waals surface area contributed by atoms with Gasteiger partial charge in [0.05, 0.1) is 7.11 Å². The number of methoxy groups -OCH3 is 1. The first kappa shape index (κ1) is 12.0. The molecule has 0 aliphatic rings. The van der Waals surface area contributed by atoms with E-state index < -0.39 is 0 Å². The number of nitrogens with zero attached hydrogens (tertiary/aromatic N) is 1. The summed E-state index contributed by atoms with van der Waals surface area (Å²) in [7, 11) is 3.71. The molecule has 0 heterocycles. The standard InChI is InChI=1S/C12H20N2O/c1-9-5-10(2)12(15-4)11(6-9)7-14(3)8-13/h5-6H,7-8,13H2,1-4H3. The largest absolute Gasteiger partial charge is 0.496 e. The van der Waals surface area contributed by atoms with E-state index in [1.54, 1.807) is 7.11 Å².